The first kappa shape index (κ1) is 9.75. The maximum Gasteiger partial charge on any atom is 0.252 e. The Morgan fingerprint density at radius 1 is 1.58 bits per heavy atom. The first-order chi connectivity index (χ1) is 5.65. The highest BCUT2D eigenvalue weighted by molar-refractivity contribution is 9.10. The van der Waals surface area contributed by atoms with Gasteiger partial charge in [-0.2, -0.15) is 0 Å². The monoisotopic (exact) mass is 246 g/mol. The molecule has 0 fully saturated rings. The van der Waals surface area contributed by atoms with Crippen molar-refractivity contribution in [2.24, 2.45) is 0 Å². The third-order valence-electron chi connectivity index (χ3n) is 1.66. The number of carbonyl (C=O) groups is 1. The normalized spacial score (nSPS) is 9.92. The van der Waals surface area contributed by atoms with Crippen molar-refractivity contribution in [3.63, 3.8) is 0 Å². The fourth-order valence-corrected chi connectivity index (χ4v) is 1.73. The van der Waals surface area contributed by atoms with Crippen LogP contribution in [0, 0.1) is 0 Å². The highest BCUT2D eigenvalue weighted by Gasteiger charge is 2.03. The van der Waals surface area contributed by atoms with Crippen LogP contribution >= 0.6 is 27.5 Å². The summed E-state index contributed by atoms with van der Waals surface area (Å²) in [5, 5.41) is -0.418. The average Bonchev–Trinajstić information content (AvgIpc) is 2.04. The molecule has 64 valence electrons. The van der Waals surface area contributed by atoms with E-state index in [4.69, 9.17) is 11.6 Å². The highest BCUT2D eigenvalue weighted by Crippen LogP contribution is 2.19. The van der Waals surface area contributed by atoms with E-state index < -0.39 is 5.24 Å². The van der Waals surface area contributed by atoms with Gasteiger partial charge in [-0.3, -0.25) is 4.79 Å². The predicted octanol–water partition coefficient (Wildman–Crippen LogP) is 3.39. The molecule has 0 atom stereocenters. The number of carbonyl (C=O) groups excluding carboxylic acids is 1. The van der Waals surface area contributed by atoms with Gasteiger partial charge in [-0.15, -0.1) is 0 Å². The second-order valence-electron chi connectivity index (χ2n) is 2.43. The number of benzene rings is 1. The lowest BCUT2D eigenvalue weighted by Gasteiger charge is -2.01. The number of rotatable bonds is 2. The molecule has 0 aromatic heterocycles. The zero-order valence-electron chi connectivity index (χ0n) is 6.60. The molecule has 1 nitrogen and oxygen atoms in total. The standard InChI is InChI=1S/C9H8BrClO/c1-2-6-3-4-7(9(11)12)5-8(6)10/h3-5H,2H2,1H3. The third-order valence-corrected chi connectivity index (χ3v) is 2.62. The number of aryl methyl sites for hydroxylation is 1. The molecule has 0 aliphatic rings. The second-order valence-corrected chi connectivity index (χ2v) is 3.63. The Labute approximate surface area is 84.9 Å². The van der Waals surface area contributed by atoms with E-state index in [1.807, 2.05) is 6.07 Å². The smallest absolute Gasteiger partial charge is 0.252 e. The van der Waals surface area contributed by atoms with Crippen molar-refractivity contribution in [1.29, 1.82) is 0 Å². The molecule has 0 heterocycles. The van der Waals surface area contributed by atoms with Gasteiger partial charge in [0.25, 0.3) is 5.24 Å². The summed E-state index contributed by atoms with van der Waals surface area (Å²) >= 11 is 8.68. The summed E-state index contributed by atoms with van der Waals surface area (Å²) in [4.78, 5) is 10.7. The lowest BCUT2D eigenvalue weighted by atomic mass is 10.1. The summed E-state index contributed by atoms with van der Waals surface area (Å²) < 4.78 is 0.941. The molecule has 0 aliphatic carbocycles. The zero-order valence-corrected chi connectivity index (χ0v) is 8.95. The van der Waals surface area contributed by atoms with Crippen molar-refractivity contribution in [2.45, 2.75) is 13.3 Å². The van der Waals surface area contributed by atoms with Crippen molar-refractivity contribution in [3.8, 4) is 0 Å². The molecule has 0 radical (unpaired) electrons. The van der Waals surface area contributed by atoms with Crippen LogP contribution in [0.5, 0.6) is 0 Å². The van der Waals surface area contributed by atoms with Crippen molar-refractivity contribution in [2.75, 3.05) is 0 Å². The fraction of sp³-hybridized carbons (Fsp3) is 0.222. The minimum atomic E-state index is -0.418. The molecular formula is C9H8BrClO. The summed E-state index contributed by atoms with van der Waals surface area (Å²) in [6.07, 6.45) is 0.942. The lowest BCUT2D eigenvalue weighted by molar-refractivity contribution is 0.108. The maximum atomic E-state index is 10.7. The summed E-state index contributed by atoms with van der Waals surface area (Å²) in [7, 11) is 0. The van der Waals surface area contributed by atoms with Crippen LogP contribution in [0.25, 0.3) is 0 Å². The first-order valence-corrected chi connectivity index (χ1v) is 4.80. The first-order valence-electron chi connectivity index (χ1n) is 3.63. The van der Waals surface area contributed by atoms with E-state index in [1.165, 1.54) is 5.56 Å². The minimum Gasteiger partial charge on any atom is -0.276 e. The van der Waals surface area contributed by atoms with Crippen LogP contribution in [0.2, 0.25) is 0 Å². The van der Waals surface area contributed by atoms with Crippen molar-refractivity contribution in [3.05, 3.63) is 33.8 Å². The maximum absolute atomic E-state index is 10.7. The van der Waals surface area contributed by atoms with E-state index in [1.54, 1.807) is 12.1 Å². The molecule has 3 heteroatoms. The number of hydrogen-bond acceptors (Lipinski definition) is 1. The lowest BCUT2D eigenvalue weighted by Crippen LogP contribution is -1.90. The van der Waals surface area contributed by atoms with Crippen LogP contribution < -0.4 is 0 Å². The third kappa shape index (κ3) is 2.08. The van der Waals surface area contributed by atoms with E-state index in [-0.39, 0.29) is 0 Å². The van der Waals surface area contributed by atoms with E-state index in [0.717, 1.165) is 10.9 Å². The largest absolute Gasteiger partial charge is 0.276 e. The topological polar surface area (TPSA) is 17.1 Å². The molecule has 1 aromatic carbocycles. The molecule has 0 aliphatic heterocycles. The van der Waals surface area contributed by atoms with Gasteiger partial charge in [0.15, 0.2) is 0 Å². The van der Waals surface area contributed by atoms with Gasteiger partial charge in [-0.25, -0.2) is 0 Å². The van der Waals surface area contributed by atoms with Gasteiger partial charge in [0.05, 0.1) is 0 Å². The Kier molecular flexibility index (Phi) is 3.29. The number of hydrogen-bond donors (Lipinski definition) is 0. The molecule has 12 heavy (non-hydrogen) atoms. The Hall–Kier alpha value is -0.340. The Balaban J connectivity index is 3.10. The molecular weight excluding hydrogens is 239 g/mol. The SMILES string of the molecule is CCc1ccc(C(=O)Cl)cc1Br. The predicted molar refractivity (Wildman–Crippen MR) is 53.7 cm³/mol. The van der Waals surface area contributed by atoms with Crippen molar-refractivity contribution in [1.82, 2.24) is 0 Å². The summed E-state index contributed by atoms with van der Waals surface area (Å²) in [5.74, 6) is 0. The molecule has 0 amide bonds. The van der Waals surface area contributed by atoms with E-state index in [0.29, 0.717) is 5.56 Å². The van der Waals surface area contributed by atoms with Crippen LogP contribution in [0.15, 0.2) is 22.7 Å². The molecule has 0 N–H and O–H groups in total. The van der Waals surface area contributed by atoms with Crippen molar-refractivity contribution < 1.29 is 4.79 Å². The quantitative estimate of drug-likeness (QED) is 0.732. The Morgan fingerprint density at radius 3 is 2.67 bits per heavy atom. The number of halogens is 2. The molecule has 0 saturated carbocycles. The van der Waals surface area contributed by atoms with Crippen LogP contribution in [0.3, 0.4) is 0 Å². The van der Waals surface area contributed by atoms with Crippen LogP contribution in [0.4, 0.5) is 0 Å². The second kappa shape index (κ2) is 4.06. The molecule has 0 bridgehead atoms. The van der Waals surface area contributed by atoms with Gasteiger partial charge in [0.1, 0.15) is 0 Å². The zero-order chi connectivity index (χ0) is 9.14. The van der Waals surface area contributed by atoms with Crippen LogP contribution in [-0.2, 0) is 6.42 Å². The van der Waals surface area contributed by atoms with Gasteiger partial charge in [-0.05, 0) is 35.7 Å². The van der Waals surface area contributed by atoms with Crippen LogP contribution in [-0.4, -0.2) is 5.24 Å². The van der Waals surface area contributed by atoms with E-state index >= 15 is 0 Å². The van der Waals surface area contributed by atoms with E-state index in [9.17, 15) is 4.79 Å². The Bertz CT molecular complexity index is 309. The average molecular weight is 248 g/mol. The van der Waals surface area contributed by atoms with Gasteiger partial charge >= 0.3 is 0 Å². The summed E-state index contributed by atoms with van der Waals surface area (Å²) in [5.41, 5.74) is 1.71. The Morgan fingerprint density at radius 2 is 2.25 bits per heavy atom. The fourth-order valence-electron chi connectivity index (χ4n) is 0.956. The summed E-state index contributed by atoms with van der Waals surface area (Å²) in [6.45, 7) is 2.06. The molecule has 1 aromatic rings. The van der Waals surface area contributed by atoms with Gasteiger partial charge in [0, 0.05) is 10.0 Å². The molecule has 0 saturated heterocycles. The van der Waals surface area contributed by atoms with E-state index in [2.05, 4.69) is 22.9 Å². The van der Waals surface area contributed by atoms with Gasteiger partial charge in [-0.1, -0.05) is 28.9 Å². The molecule has 0 unspecified atom stereocenters. The minimum absolute atomic E-state index is 0.418. The highest BCUT2D eigenvalue weighted by atomic mass is 79.9. The van der Waals surface area contributed by atoms with Gasteiger partial charge in [0.2, 0.25) is 0 Å². The summed E-state index contributed by atoms with van der Waals surface area (Å²) in [6, 6.07) is 5.38. The molecule has 0 spiro atoms. The molecule has 1 rings (SSSR count). The van der Waals surface area contributed by atoms with Gasteiger partial charge < -0.3 is 0 Å². The van der Waals surface area contributed by atoms with Crippen molar-refractivity contribution >= 4 is 32.8 Å². The van der Waals surface area contributed by atoms with Crippen LogP contribution in [0.1, 0.15) is 22.8 Å².